The molecule has 1 aromatic heterocycles. The van der Waals surface area contributed by atoms with Crippen molar-refractivity contribution in [1.82, 2.24) is 14.9 Å². The van der Waals surface area contributed by atoms with Crippen molar-refractivity contribution in [2.45, 2.75) is 59.0 Å². The molecule has 1 atom stereocenters. The first-order chi connectivity index (χ1) is 8.55. The Balaban J connectivity index is 1.88. The first kappa shape index (κ1) is 13.6. The molecule has 0 bridgehead atoms. The summed E-state index contributed by atoms with van der Waals surface area (Å²) in [4.78, 5) is 4.13. The van der Waals surface area contributed by atoms with Crippen LogP contribution in [0.25, 0.3) is 0 Å². The molecule has 102 valence electrons. The predicted octanol–water partition coefficient (Wildman–Crippen LogP) is 3.08. The van der Waals surface area contributed by atoms with Crippen LogP contribution in [-0.2, 0) is 6.54 Å². The number of rotatable bonds is 5. The second kappa shape index (κ2) is 5.87. The van der Waals surface area contributed by atoms with Gasteiger partial charge in [0.05, 0.1) is 6.33 Å². The summed E-state index contributed by atoms with van der Waals surface area (Å²) >= 11 is 0. The summed E-state index contributed by atoms with van der Waals surface area (Å²) in [6.07, 6.45) is 11.5. The Morgan fingerprint density at radius 2 is 2.06 bits per heavy atom. The van der Waals surface area contributed by atoms with Gasteiger partial charge in [0.25, 0.3) is 0 Å². The van der Waals surface area contributed by atoms with Crippen LogP contribution in [0, 0.1) is 11.3 Å². The maximum absolute atomic E-state index is 4.13. The molecule has 0 saturated heterocycles. The predicted molar refractivity (Wildman–Crippen MR) is 75.4 cm³/mol. The van der Waals surface area contributed by atoms with Gasteiger partial charge in [-0.05, 0) is 30.7 Å². The third kappa shape index (κ3) is 3.84. The van der Waals surface area contributed by atoms with Gasteiger partial charge in [-0.3, -0.25) is 0 Å². The van der Waals surface area contributed by atoms with Crippen LogP contribution in [0.5, 0.6) is 0 Å². The first-order valence-electron chi connectivity index (χ1n) is 7.25. The van der Waals surface area contributed by atoms with E-state index in [2.05, 4.69) is 41.8 Å². The lowest BCUT2D eigenvalue weighted by Crippen LogP contribution is -2.45. The second-order valence-electron chi connectivity index (χ2n) is 6.74. The molecule has 1 aliphatic carbocycles. The molecule has 3 heteroatoms. The molecular weight excluding hydrogens is 222 g/mol. The minimum absolute atomic E-state index is 0.281. The van der Waals surface area contributed by atoms with Crippen LogP contribution in [-0.4, -0.2) is 22.1 Å². The van der Waals surface area contributed by atoms with Gasteiger partial charge in [0.2, 0.25) is 0 Å². The van der Waals surface area contributed by atoms with E-state index in [9.17, 15) is 0 Å². The molecule has 1 N–H and O–H groups in total. The van der Waals surface area contributed by atoms with Gasteiger partial charge in [0, 0.05) is 25.0 Å². The Hall–Kier alpha value is -0.830. The van der Waals surface area contributed by atoms with E-state index in [0.717, 1.165) is 12.5 Å². The SMILES string of the molecule is CC(C)(C)C(Cn1ccnc1)NCC1CCCC1. The molecule has 1 saturated carbocycles. The van der Waals surface area contributed by atoms with Crippen molar-refractivity contribution < 1.29 is 0 Å². The van der Waals surface area contributed by atoms with Crippen LogP contribution in [0.1, 0.15) is 46.5 Å². The van der Waals surface area contributed by atoms with E-state index in [4.69, 9.17) is 0 Å². The maximum Gasteiger partial charge on any atom is 0.0946 e. The number of nitrogens with zero attached hydrogens (tertiary/aromatic N) is 2. The molecule has 1 unspecified atom stereocenters. The molecule has 1 aromatic rings. The Bertz CT molecular complexity index is 331. The van der Waals surface area contributed by atoms with Crippen molar-refractivity contribution in [3.63, 3.8) is 0 Å². The maximum atomic E-state index is 4.13. The van der Waals surface area contributed by atoms with Crippen LogP contribution in [0.15, 0.2) is 18.7 Å². The molecule has 1 heterocycles. The Morgan fingerprint density at radius 3 is 2.61 bits per heavy atom. The lowest BCUT2D eigenvalue weighted by atomic mass is 9.86. The van der Waals surface area contributed by atoms with Crippen LogP contribution in [0.3, 0.4) is 0 Å². The minimum Gasteiger partial charge on any atom is -0.336 e. The van der Waals surface area contributed by atoms with Gasteiger partial charge < -0.3 is 9.88 Å². The summed E-state index contributed by atoms with van der Waals surface area (Å²) in [6, 6.07) is 0.507. The zero-order valence-electron chi connectivity index (χ0n) is 12.0. The highest BCUT2D eigenvalue weighted by Crippen LogP contribution is 2.26. The average molecular weight is 249 g/mol. The van der Waals surface area contributed by atoms with Crippen molar-refractivity contribution >= 4 is 0 Å². The van der Waals surface area contributed by atoms with Gasteiger partial charge in [0.15, 0.2) is 0 Å². The highest BCUT2D eigenvalue weighted by molar-refractivity contribution is 4.85. The number of aromatic nitrogens is 2. The fourth-order valence-corrected chi connectivity index (χ4v) is 2.77. The van der Waals surface area contributed by atoms with Crippen molar-refractivity contribution in [3.05, 3.63) is 18.7 Å². The normalized spacial score (nSPS) is 19.3. The third-order valence-corrected chi connectivity index (χ3v) is 4.13. The Labute approximate surface area is 111 Å². The van der Waals surface area contributed by atoms with E-state index < -0.39 is 0 Å². The molecule has 3 nitrogen and oxygen atoms in total. The number of imidazole rings is 1. The molecule has 0 aliphatic heterocycles. The summed E-state index contributed by atoms with van der Waals surface area (Å²) in [5.41, 5.74) is 0.281. The average Bonchev–Trinajstić information content (AvgIpc) is 2.95. The summed E-state index contributed by atoms with van der Waals surface area (Å²) in [7, 11) is 0. The smallest absolute Gasteiger partial charge is 0.0946 e. The Kier molecular flexibility index (Phi) is 4.44. The highest BCUT2D eigenvalue weighted by Gasteiger charge is 2.26. The number of hydrogen-bond donors (Lipinski definition) is 1. The van der Waals surface area contributed by atoms with Gasteiger partial charge in [-0.15, -0.1) is 0 Å². The lowest BCUT2D eigenvalue weighted by molar-refractivity contribution is 0.231. The van der Waals surface area contributed by atoms with Gasteiger partial charge in [-0.2, -0.15) is 0 Å². The molecular formula is C15H27N3. The van der Waals surface area contributed by atoms with Gasteiger partial charge >= 0.3 is 0 Å². The number of nitrogens with one attached hydrogen (secondary N) is 1. The van der Waals surface area contributed by atoms with E-state index in [-0.39, 0.29) is 5.41 Å². The molecule has 0 radical (unpaired) electrons. The van der Waals surface area contributed by atoms with Crippen LogP contribution in [0.4, 0.5) is 0 Å². The summed E-state index contributed by atoms with van der Waals surface area (Å²) in [5, 5.41) is 3.79. The van der Waals surface area contributed by atoms with Gasteiger partial charge in [0.1, 0.15) is 0 Å². The zero-order chi connectivity index (χ0) is 13.0. The van der Waals surface area contributed by atoms with E-state index in [0.29, 0.717) is 6.04 Å². The summed E-state index contributed by atoms with van der Waals surface area (Å²) in [6.45, 7) is 9.13. The van der Waals surface area contributed by atoms with Crippen LogP contribution < -0.4 is 5.32 Å². The molecule has 1 aliphatic rings. The lowest BCUT2D eigenvalue weighted by Gasteiger charge is -2.33. The topological polar surface area (TPSA) is 29.9 Å². The van der Waals surface area contributed by atoms with Crippen molar-refractivity contribution in [3.8, 4) is 0 Å². The standard InChI is InChI=1S/C15H27N3/c1-15(2,3)14(11-18-9-8-16-12-18)17-10-13-6-4-5-7-13/h8-9,12-14,17H,4-7,10-11H2,1-3H3. The molecule has 0 amide bonds. The van der Waals surface area contributed by atoms with Crippen molar-refractivity contribution in [2.75, 3.05) is 6.54 Å². The zero-order valence-corrected chi connectivity index (χ0v) is 12.0. The summed E-state index contributed by atoms with van der Waals surface area (Å²) < 4.78 is 2.18. The summed E-state index contributed by atoms with van der Waals surface area (Å²) in [5.74, 6) is 0.901. The monoisotopic (exact) mass is 249 g/mol. The van der Waals surface area contributed by atoms with Gasteiger partial charge in [-0.25, -0.2) is 4.98 Å². The Morgan fingerprint density at radius 1 is 1.33 bits per heavy atom. The largest absolute Gasteiger partial charge is 0.336 e. The second-order valence-corrected chi connectivity index (χ2v) is 6.74. The molecule has 2 rings (SSSR count). The fraction of sp³-hybridized carbons (Fsp3) is 0.800. The van der Waals surface area contributed by atoms with E-state index >= 15 is 0 Å². The van der Waals surface area contributed by atoms with Crippen LogP contribution >= 0.6 is 0 Å². The third-order valence-electron chi connectivity index (χ3n) is 4.13. The van der Waals surface area contributed by atoms with Gasteiger partial charge in [-0.1, -0.05) is 33.6 Å². The first-order valence-corrected chi connectivity index (χ1v) is 7.25. The molecule has 0 aromatic carbocycles. The number of hydrogen-bond acceptors (Lipinski definition) is 2. The fourth-order valence-electron chi connectivity index (χ4n) is 2.77. The van der Waals surface area contributed by atoms with Crippen molar-refractivity contribution in [1.29, 1.82) is 0 Å². The molecule has 1 fully saturated rings. The van der Waals surface area contributed by atoms with E-state index in [1.807, 2.05) is 12.5 Å². The molecule has 18 heavy (non-hydrogen) atoms. The van der Waals surface area contributed by atoms with E-state index in [1.54, 1.807) is 0 Å². The quantitative estimate of drug-likeness (QED) is 0.869. The minimum atomic E-state index is 0.281. The van der Waals surface area contributed by atoms with Crippen LogP contribution in [0.2, 0.25) is 0 Å². The molecule has 0 spiro atoms. The highest BCUT2D eigenvalue weighted by atomic mass is 15.1. The van der Waals surface area contributed by atoms with E-state index in [1.165, 1.54) is 32.2 Å². The van der Waals surface area contributed by atoms with Crippen molar-refractivity contribution in [2.24, 2.45) is 11.3 Å².